The molecule has 0 saturated carbocycles. The molecule has 6 rings (SSSR count). The van der Waals surface area contributed by atoms with Gasteiger partial charge in [-0.25, -0.2) is 0 Å². The second kappa shape index (κ2) is 11.3. The average molecular weight is 570 g/mol. The van der Waals surface area contributed by atoms with Crippen LogP contribution in [0.3, 0.4) is 0 Å². The molecule has 3 aliphatic rings. The topological polar surface area (TPSA) is 104 Å². The van der Waals surface area contributed by atoms with E-state index in [0.717, 1.165) is 24.3 Å². The van der Waals surface area contributed by atoms with Gasteiger partial charge in [0.05, 0.1) is 18.5 Å². The minimum Gasteiger partial charge on any atom is -0.497 e. The summed E-state index contributed by atoms with van der Waals surface area (Å²) in [5.41, 5.74) is 3.45. The van der Waals surface area contributed by atoms with Crippen LogP contribution in [-0.2, 0) is 11.3 Å². The van der Waals surface area contributed by atoms with Gasteiger partial charge in [0, 0.05) is 81.5 Å². The Balaban J connectivity index is 1.30. The number of aromatic nitrogens is 1. The number of hydrogen-bond donors (Lipinski definition) is 1. The summed E-state index contributed by atoms with van der Waals surface area (Å²) >= 11 is 0. The molecule has 2 fully saturated rings. The first-order chi connectivity index (χ1) is 20.3. The van der Waals surface area contributed by atoms with E-state index in [1.54, 1.807) is 60.2 Å². The molecule has 1 aromatic heterocycles. The van der Waals surface area contributed by atoms with E-state index in [0.29, 0.717) is 67.8 Å². The van der Waals surface area contributed by atoms with Crippen LogP contribution in [0.15, 0.2) is 65.5 Å². The monoisotopic (exact) mass is 569 g/mol. The van der Waals surface area contributed by atoms with Crippen LogP contribution < -0.4 is 20.5 Å². The van der Waals surface area contributed by atoms with Crippen LogP contribution in [0.2, 0.25) is 0 Å². The van der Waals surface area contributed by atoms with Crippen LogP contribution in [-0.4, -0.2) is 78.5 Å². The van der Waals surface area contributed by atoms with Crippen LogP contribution in [0.4, 0.5) is 11.4 Å². The zero-order valence-corrected chi connectivity index (χ0v) is 23.9. The summed E-state index contributed by atoms with van der Waals surface area (Å²) in [5, 5.41) is 3.08. The fraction of sp³-hybridized carbons (Fsp3) is 0.375. The number of nitrogens with zero attached hydrogens (tertiary/aromatic N) is 4. The summed E-state index contributed by atoms with van der Waals surface area (Å²) in [7, 11) is 1.58. The van der Waals surface area contributed by atoms with Crippen LogP contribution in [0.25, 0.3) is 0 Å². The minimum absolute atomic E-state index is 0.00813. The first kappa shape index (κ1) is 27.6. The maximum Gasteiger partial charge on any atom is 0.255 e. The maximum absolute atomic E-state index is 13.5. The van der Waals surface area contributed by atoms with Crippen molar-refractivity contribution >= 4 is 29.1 Å². The van der Waals surface area contributed by atoms with Gasteiger partial charge in [-0.05, 0) is 60.9 Å². The molecule has 3 aliphatic heterocycles. The number of amides is 3. The molecule has 218 valence electrons. The van der Waals surface area contributed by atoms with E-state index in [9.17, 15) is 19.2 Å². The van der Waals surface area contributed by atoms with E-state index < -0.39 is 0 Å². The van der Waals surface area contributed by atoms with Crippen molar-refractivity contribution in [3.63, 3.8) is 0 Å². The fourth-order valence-corrected chi connectivity index (χ4v) is 6.48. The molecule has 42 heavy (non-hydrogen) atoms. The van der Waals surface area contributed by atoms with Gasteiger partial charge in [-0.15, -0.1) is 0 Å². The van der Waals surface area contributed by atoms with Gasteiger partial charge >= 0.3 is 0 Å². The van der Waals surface area contributed by atoms with Crippen LogP contribution in [0.1, 0.15) is 45.7 Å². The Morgan fingerprint density at radius 3 is 2.29 bits per heavy atom. The normalized spacial score (nSPS) is 19.6. The van der Waals surface area contributed by atoms with Crippen molar-refractivity contribution in [1.29, 1.82) is 0 Å². The number of piperazine rings is 1. The number of rotatable bonds is 5. The van der Waals surface area contributed by atoms with Gasteiger partial charge < -0.3 is 29.3 Å². The summed E-state index contributed by atoms with van der Waals surface area (Å²) in [5.74, 6) is 0.731. The Bertz CT molecular complexity index is 1570. The molecule has 4 heterocycles. The third-order valence-corrected chi connectivity index (χ3v) is 8.68. The summed E-state index contributed by atoms with van der Waals surface area (Å²) in [6.45, 7) is 5.57. The smallest absolute Gasteiger partial charge is 0.255 e. The first-order valence-corrected chi connectivity index (χ1v) is 14.4. The molecule has 0 aliphatic carbocycles. The van der Waals surface area contributed by atoms with Crippen LogP contribution in [0, 0.1) is 5.92 Å². The average Bonchev–Trinajstić information content (AvgIpc) is 3.01. The molecule has 2 bridgehead atoms. The number of pyridine rings is 1. The number of hydrogen-bond acceptors (Lipinski definition) is 6. The van der Waals surface area contributed by atoms with E-state index in [1.165, 1.54) is 0 Å². The van der Waals surface area contributed by atoms with Crippen molar-refractivity contribution in [2.24, 2.45) is 5.92 Å². The molecule has 2 aromatic carbocycles. The molecule has 0 radical (unpaired) electrons. The van der Waals surface area contributed by atoms with E-state index in [4.69, 9.17) is 4.74 Å². The Kier molecular flexibility index (Phi) is 7.45. The quantitative estimate of drug-likeness (QED) is 0.507. The van der Waals surface area contributed by atoms with Gasteiger partial charge in [0.1, 0.15) is 5.75 Å². The number of nitrogens with one attached hydrogen (secondary N) is 1. The van der Waals surface area contributed by atoms with Gasteiger partial charge in [0.2, 0.25) is 5.91 Å². The lowest BCUT2D eigenvalue weighted by Crippen LogP contribution is -2.50. The summed E-state index contributed by atoms with van der Waals surface area (Å²) in [6, 6.07) is 17.9. The first-order valence-electron chi connectivity index (χ1n) is 14.4. The zero-order chi connectivity index (χ0) is 29.4. The van der Waals surface area contributed by atoms with Gasteiger partial charge in [0.15, 0.2) is 0 Å². The number of fused-ring (bicyclic) bond motifs is 4. The lowest BCUT2D eigenvalue weighted by Gasteiger charge is -2.44. The molecule has 3 aromatic rings. The Hall–Kier alpha value is -4.60. The molecule has 10 nitrogen and oxygen atoms in total. The predicted molar refractivity (Wildman–Crippen MR) is 159 cm³/mol. The lowest BCUT2D eigenvalue weighted by molar-refractivity contribution is -0.130. The van der Waals surface area contributed by atoms with E-state index >= 15 is 0 Å². The van der Waals surface area contributed by atoms with Crippen molar-refractivity contribution < 1.29 is 19.1 Å². The van der Waals surface area contributed by atoms with Crippen molar-refractivity contribution in [3.8, 4) is 5.75 Å². The van der Waals surface area contributed by atoms with Crippen molar-refractivity contribution in [3.05, 3.63) is 87.8 Å². The maximum atomic E-state index is 13.5. The van der Waals surface area contributed by atoms with Crippen LogP contribution in [0.5, 0.6) is 5.75 Å². The number of benzene rings is 2. The number of carbonyl (C=O) groups is 3. The van der Waals surface area contributed by atoms with E-state index in [1.807, 2.05) is 28.8 Å². The number of anilines is 2. The molecule has 2 saturated heterocycles. The predicted octanol–water partition coefficient (Wildman–Crippen LogP) is 3.04. The Morgan fingerprint density at radius 2 is 1.57 bits per heavy atom. The second-order valence-electron chi connectivity index (χ2n) is 11.3. The van der Waals surface area contributed by atoms with Gasteiger partial charge in [-0.2, -0.15) is 0 Å². The molecule has 1 N–H and O–H groups in total. The summed E-state index contributed by atoms with van der Waals surface area (Å²) in [6.07, 6.45) is 1.01. The van der Waals surface area contributed by atoms with Crippen molar-refractivity contribution in [1.82, 2.24) is 14.4 Å². The lowest BCUT2D eigenvalue weighted by atomic mass is 9.83. The molecule has 0 spiro atoms. The fourth-order valence-electron chi connectivity index (χ4n) is 6.48. The third kappa shape index (κ3) is 5.36. The minimum atomic E-state index is -0.285. The Labute approximate surface area is 244 Å². The molecular formula is C32H35N5O5. The molecule has 2 atom stereocenters. The van der Waals surface area contributed by atoms with Gasteiger partial charge in [-0.3, -0.25) is 19.2 Å². The summed E-state index contributed by atoms with van der Waals surface area (Å²) in [4.78, 5) is 56.9. The van der Waals surface area contributed by atoms with Crippen molar-refractivity contribution in [2.75, 3.05) is 56.6 Å². The summed E-state index contributed by atoms with van der Waals surface area (Å²) < 4.78 is 7.13. The largest absolute Gasteiger partial charge is 0.497 e. The molecule has 3 amide bonds. The highest BCUT2D eigenvalue weighted by atomic mass is 16.5. The highest BCUT2D eigenvalue weighted by Gasteiger charge is 2.35. The highest BCUT2D eigenvalue weighted by Crippen LogP contribution is 2.39. The third-order valence-electron chi connectivity index (χ3n) is 8.68. The van der Waals surface area contributed by atoms with E-state index in [-0.39, 0.29) is 29.2 Å². The molecular weight excluding hydrogens is 534 g/mol. The SMILES string of the molecule is COc1ccc(C(=O)Nc2cc(C(=O)N3CCN(C(C)=O)CC3)ccc2N2C[C@@H]3C[C@@H](C2)c2cccc(=O)n2C3)cc1. The van der Waals surface area contributed by atoms with Crippen LogP contribution >= 0.6 is 0 Å². The van der Waals surface area contributed by atoms with Gasteiger partial charge in [0.25, 0.3) is 17.4 Å². The zero-order valence-electron chi connectivity index (χ0n) is 23.9. The Morgan fingerprint density at radius 1 is 0.857 bits per heavy atom. The number of carbonyl (C=O) groups excluding carboxylic acids is 3. The van der Waals surface area contributed by atoms with E-state index in [2.05, 4.69) is 10.2 Å². The van der Waals surface area contributed by atoms with Crippen molar-refractivity contribution in [2.45, 2.75) is 25.8 Å². The molecule has 10 heteroatoms. The number of piperidine rings is 1. The standard InChI is InChI=1S/C32H35N5O5/c1-21(38)34-12-14-35(15-13-34)32(41)24-8-11-29(27(17-24)33-31(40)23-6-9-26(42-2)10-7-23)36-18-22-16-25(20-36)28-4-3-5-30(39)37(28)19-22/h3-11,17,22,25H,12-16,18-20H2,1-2H3,(H,33,40)/t22-,25-/m0/s1. The van der Waals surface area contributed by atoms with Gasteiger partial charge in [-0.1, -0.05) is 6.07 Å². The number of ether oxygens (including phenoxy) is 1. The molecule has 0 unspecified atom stereocenters. The highest BCUT2D eigenvalue weighted by molar-refractivity contribution is 6.07. The number of methoxy groups -OCH3 is 1. The second-order valence-corrected chi connectivity index (χ2v) is 11.3.